The molecule has 0 aliphatic carbocycles. The Bertz CT molecular complexity index is 727. The predicted octanol–water partition coefficient (Wildman–Crippen LogP) is 4.37. The van der Waals surface area contributed by atoms with E-state index in [0.717, 1.165) is 0 Å². The number of hydrogen-bond acceptors (Lipinski definition) is 4. The Balaban J connectivity index is 1.87. The third kappa shape index (κ3) is 5.04. The second-order valence-electron chi connectivity index (χ2n) is 4.85. The summed E-state index contributed by atoms with van der Waals surface area (Å²) in [6, 6.07) is 9.63. The van der Waals surface area contributed by atoms with Crippen LogP contribution >= 0.6 is 23.4 Å². The van der Waals surface area contributed by atoms with Crippen molar-refractivity contribution in [1.82, 2.24) is 0 Å². The maximum absolute atomic E-state index is 13.7. The fourth-order valence-corrected chi connectivity index (χ4v) is 2.98. The maximum atomic E-state index is 13.7. The van der Waals surface area contributed by atoms with E-state index in [0.29, 0.717) is 33.5 Å². The summed E-state index contributed by atoms with van der Waals surface area (Å²) >= 11 is 7.03. The highest BCUT2D eigenvalue weighted by Gasteiger charge is 2.09. The molecule has 1 N–H and O–H groups in total. The van der Waals surface area contributed by atoms with Crippen LogP contribution in [0, 0.1) is 5.82 Å². The van der Waals surface area contributed by atoms with Crippen LogP contribution in [0.1, 0.15) is 5.56 Å². The van der Waals surface area contributed by atoms with Gasteiger partial charge in [0.05, 0.1) is 20.0 Å². The minimum atomic E-state index is -0.365. The molecule has 2 rings (SSSR count). The molecule has 0 aliphatic heterocycles. The number of anilines is 1. The number of methoxy groups -OCH3 is 2. The van der Waals surface area contributed by atoms with Gasteiger partial charge in [0.2, 0.25) is 5.91 Å². The van der Waals surface area contributed by atoms with Crippen molar-refractivity contribution < 1.29 is 18.7 Å². The van der Waals surface area contributed by atoms with Gasteiger partial charge in [-0.2, -0.15) is 0 Å². The van der Waals surface area contributed by atoms with Gasteiger partial charge in [-0.3, -0.25) is 4.79 Å². The van der Waals surface area contributed by atoms with Crippen LogP contribution in [0.3, 0.4) is 0 Å². The largest absolute Gasteiger partial charge is 0.493 e. The fraction of sp³-hybridized carbons (Fsp3) is 0.235. The number of nitrogens with one attached hydrogen (secondary N) is 1. The van der Waals surface area contributed by atoms with E-state index < -0.39 is 0 Å². The van der Waals surface area contributed by atoms with E-state index >= 15 is 0 Å². The Hall–Kier alpha value is -1.92. The fourth-order valence-electron chi connectivity index (χ4n) is 2.00. The summed E-state index contributed by atoms with van der Waals surface area (Å²) in [5.74, 6) is 1.17. The van der Waals surface area contributed by atoms with Crippen LogP contribution in [0.4, 0.5) is 10.1 Å². The van der Waals surface area contributed by atoms with Crippen LogP contribution in [0.5, 0.6) is 11.5 Å². The smallest absolute Gasteiger partial charge is 0.234 e. The summed E-state index contributed by atoms with van der Waals surface area (Å²) in [5, 5.41) is 3.12. The zero-order chi connectivity index (χ0) is 17.5. The van der Waals surface area contributed by atoms with E-state index in [9.17, 15) is 9.18 Å². The van der Waals surface area contributed by atoms with E-state index in [1.165, 1.54) is 24.9 Å². The standard InChI is InChI=1S/C17H17ClFNO3S/c1-22-15-6-5-13(8-16(15)23-2)20-17(21)10-24-9-11-3-4-12(18)7-14(11)19/h3-8H,9-10H2,1-2H3,(H,20,21). The molecule has 4 nitrogen and oxygen atoms in total. The Kier molecular flexibility index (Phi) is 6.75. The number of carbonyl (C=O) groups excluding carboxylic acids is 1. The molecule has 128 valence electrons. The molecule has 2 aromatic carbocycles. The van der Waals surface area contributed by atoms with Gasteiger partial charge in [0.15, 0.2) is 11.5 Å². The van der Waals surface area contributed by atoms with Gasteiger partial charge in [-0.05, 0) is 29.8 Å². The number of benzene rings is 2. The number of thioether (sulfide) groups is 1. The third-order valence-electron chi connectivity index (χ3n) is 3.17. The number of amides is 1. The highest BCUT2D eigenvalue weighted by molar-refractivity contribution is 7.99. The van der Waals surface area contributed by atoms with E-state index in [2.05, 4.69) is 5.32 Å². The highest BCUT2D eigenvalue weighted by Crippen LogP contribution is 2.29. The van der Waals surface area contributed by atoms with Crippen molar-refractivity contribution >= 4 is 35.0 Å². The van der Waals surface area contributed by atoms with Crippen molar-refractivity contribution in [2.24, 2.45) is 0 Å². The van der Waals surface area contributed by atoms with E-state index in [1.54, 1.807) is 37.4 Å². The first-order chi connectivity index (χ1) is 11.5. The maximum Gasteiger partial charge on any atom is 0.234 e. The van der Waals surface area contributed by atoms with Crippen LogP contribution in [-0.4, -0.2) is 25.9 Å². The minimum Gasteiger partial charge on any atom is -0.493 e. The van der Waals surface area contributed by atoms with Gasteiger partial charge in [-0.15, -0.1) is 11.8 Å². The van der Waals surface area contributed by atoms with Crippen LogP contribution in [0.15, 0.2) is 36.4 Å². The van der Waals surface area contributed by atoms with Crippen molar-refractivity contribution in [1.29, 1.82) is 0 Å². The van der Waals surface area contributed by atoms with Crippen molar-refractivity contribution in [2.75, 3.05) is 25.3 Å². The number of rotatable bonds is 7. The normalized spacial score (nSPS) is 10.3. The van der Waals surface area contributed by atoms with Gasteiger partial charge in [0.25, 0.3) is 0 Å². The van der Waals surface area contributed by atoms with Crippen LogP contribution in [0.2, 0.25) is 5.02 Å². The summed E-state index contributed by atoms with van der Waals surface area (Å²) in [5.41, 5.74) is 1.12. The summed E-state index contributed by atoms with van der Waals surface area (Å²) < 4.78 is 24.0. The molecule has 0 heterocycles. The summed E-state index contributed by atoms with van der Waals surface area (Å²) in [7, 11) is 3.07. The molecule has 1 amide bonds. The molecule has 2 aromatic rings. The second-order valence-corrected chi connectivity index (χ2v) is 6.27. The topological polar surface area (TPSA) is 47.6 Å². The third-order valence-corrected chi connectivity index (χ3v) is 4.39. The van der Waals surface area contributed by atoms with Crippen molar-refractivity contribution in [3.8, 4) is 11.5 Å². The van der Waals surface area contributed by atoms with E-state index in [4.69, 9.17) is 21.1 Å². The molecule has 0 bridgehead atoms. The first-order valence-corrected chi connectivity index (χ1v) is 8.60. The van der Waals surface area contributed by atoms with E-state index in [-0.39, 0.29) is 17.5 Å². The second kappa shape index (κ2) is 8.80. The molecule has 24 heavy (non-hydrogen) atoms. The van der Waals surface area contributed by atoms with Crippen LogP contribution in [-0.2, 0) is 10.5 Å². The molecule has 0 unspecified atom stereocenters. The molecular formula is C17H17ClFNO3S. The number of carbonyl (C=O) groups is 1. The van der Waals surface area contributed by atoms with Gasteiger partial charge >= 0.3 is 0 Å². The molecule has 0 atom stereocenters. The van der Waals surface area contributed by atoms with Crippen LogP contribution < -0.4 is 14.8 Å². The monoisotopic (exact) mass is 369 g/mol. The lowest BCUT2D eigenvalue weighted by Gasteiger charge is -2.10. The lowest BCUT2D eigenvalue weighted by atomic mass is 10.2. The summed E-state index contributed by atoms with van der Waals surface area (Å²) in [4.78, 5) is 12.0. The first-order valence-electron chi connectivity index (χ1n) is 7.07. The van der Waals surface area contributed by atoms with Crippen molar-refractivity contribution in [3.63, 3.8) is 0 Å². The molecule has 0 aliphatic rings. The highest BCUT2D eigenvalue weighted by atomic mass is 35.5. The number of hydrogen-bond donors (Lipinski definition) is 1. The molecule has 0 aromatic heterocycles. The van der Waals surface area contributed by atoms with Gasteiger partial charge in [0.1, 0.15) is 5.82 Å². The Morgan fingerprint density at radius 2 is 1.92 bits per heavy atom. The van der Waals surface area contributed by atoms with Gasteiger partial charge in [-0.1, -0.05) is 17.7 Å². The molecule has 0 spiro atoms. The summed E-state index contributed by atoms with van der Waals surface area (Å²) in [6.45, 7) is 0. The molecule has 0 saturated heterocycles. The summed E-state index contributed by atoms with van der Waals surface area (Å²) in [6.07, 6.45) is 0. The minimum absolute atomic E-state index is 0.179. The number of ether oxygens (including phenoxy) is 2. The van der Waals surface area contributed by atoms with E-state index in [1.807, 2.05) is 0 Å². The molecule has 7 heteroatoms. The molecule has 0 saturated carbocycles. The van der Waals surface area contributed by atoms with Crippen LogP contribution in [0.25, 0.3) is 0 Å². The average Bonchev–Trinajstić information content (AvgIpc) is 2.56. The van der Waals surface area contributed by atoms with Gasteiger partial charge < -0.3 is 14.8 Å². The Morgan fingerprint density at radius 1 is 1.17 bits per heavy atom. The Labute approximate surface area is 149 Å². The molecule has 0 fully saturated rings. The van der Waals surface area contributed by atoms with Gasteiger partial charge in [-0.25, -0.2) is 4.39 Å². The predicted molar refractivity (Wildman–Crippen MR) is 95.7 cm³/mol. The van der Waals surface area contributed by atoms with Gasteiger partial charge in [0, 0.05) is 22.5 Å². The molecular weight excluding hydrogens is 353 g/mol. The zero-order valence-corrected chi connectivity index (χ0v) is 14.8. The van der Waals surface area contributed by atoms with Crippen molar-refractivity contribution in [2.45, 2.75) is 5.75 Å². The quantitative estimate of drug-likeness (QED) is 0.787. The molecule has 0 radical (unpaired) electrons. The number of halogens is 2. The zero-order valence-electron chi connectivity index (χ0n) is 13.3. The first kappa shape index (κ1) is 18.4. The lowest BCUT2D eigenvalue weighted by molar-refractivity contribution is -0.113. The Morgan fingerprint density at radius 3 is 2.58 bits per heavy atom. The average molecular weight is 370 g/mol. The SMILES string of the molecule is COc1ccc(NC(=O)CSCc2ccc(Cl)cc2F)cc1OC. The lowest BCUT2D eigenvalue weighted by Crippen LogP contribution is -2.14. The van der Waals surface area contributed by atoms with Crippen molar-refractivity contribution in [3.05, 3.63) is 52.8 Å².